The quantitative estimate of drug-likeness (QED) is 0.859. The van der Waals surface area contributed by atoms with Crippen molar-refractivity contribution in [2.75, 3.05) is 18.4 Å². The first kappa shape index (κ1) is 16.4. The first-order valence-electron chi connectivity index (χ1n) is 7.12. The van der Waals surface area contributed by atoms with Gasteiger partial charge in [0.05, 0.1) is 5.69 Å². The van der Waals surface area contributed by atoms with E-state index in [-0.39, 0.29) is 22.0 Å². The summed E-state index contributed by atoms with van der Waals surface area (Å²) in [6, 6.07) is 1.89. The Balaban J connectivity index is 1.95. The Morgan fingerprint density at radius 2 is 2.29 bits per heavy atom. The Morgan fingerprint density at radius 3 is 2.90 bits per heavy atom. The summed E-state index contributed by atoms with van der Waals surface area (Å²) in [5.74, 6) is -1.02. The fourth-order valence-corrected chi connectivity index (χ4v) is 3.18. The lowest BCUT2D eigenvalue weighted by atomic mass is 9.85. The monoisotopic (exact) mass is 360 g/mol. The third-order valence-electron chi connectivity index (χ3n) is 3.92. The van der Waals surface area contributed by atoms with E-state index in [0.29, 0.717) is 12.3 Å². The zero-order valence-corrected chi connectivity index (χ0v) is 13.5. The fourth-order valence-electron chi connectivity index (χ4n) is 2.68. The predicted molar refractivity (Wildman–Crippen MR) is 82.1 cm³/mol. The molecule has 2 atom stereocenters. The van der Waals surface area contributed by atoms with Crippen LogP contribution in [0.1, 0.15) is 26.2 Å². The van der Waals surface area contributed by atoms with Crippen molar-refractivity contribution in [3.63, 3.8) is 0 Å². The predicted octanol–water partition coefficient (Wildman–Crippen LogP) is 3.69. The highest BCUT2D eigenvalue weighted by Crippen LogP contribution is 2.28. The van der Waals surface area contributed by atoms with Gasteiger partial charge < -0.3 is 10.6 Å². The third kappa shape index (κ3) is 4.48. The number of hydrogen-bond donors (Lipinski definition) is 2. The first-order valence-corrected chi connectivity index (χ1v) is 7.91. The average molecular weight is 361 g/mol. The van der Waals surface area contributed by atoms with Crippen molar-refractivity contribution in [1.82, 2.24) is 5.32 Å². The Labute approximate surface area is 131 Å². The maximum Gasteiger partial charge on any atom is 0.224 e. The summed E-state index contributed by atoms with van der Waals surface area (Å²) in [7, 11) is 0. The minimum atomic E-state index is -0.776. The molecule has 1 aliphatic heterocycles. The van der Waals surface area contributed by atoms with Crippen molar-refractivity contribution in [3.8, 4) is 0 Å². The van der Waals surface area contributed by atoms with Gasteiger partial charge in [0.2, 0.25) is 5.91 Å². The van der Waals surface area contributed by atoms with Gasteiger partial charge in [-0.3, -0.25) is 4.79 Å². The molecule has 0 radical (unpaired) electrons. The van der Waals surface area contributed by atoms with Crippen LogP contribution in [0.2, 0.25) is 0 Å². The van der Waals surface area contributed by atoms with Crippen molar-refractivity contribution in [2.24, 2.45) is 11.8 Å². The highest BCUT2D eigenvalue weighted by Gasteiger charge is 2.22. The number of rotatable bonds is 4. The zero-order valence-electron chi connectivity index (χ0n) is 11.9. The summed E-state index contributed by atoms with van der Waals surface area (Å²) in [5, 5.41) is 5.85. The van der Waals surface area contributed by atoms with E-state index in [9.17, 15) is 13.6 Å². The molecule has 1 fully saturated rings. The SMILES string of the molecule is CC(CC(=O)Nc1c(F)cc(F)cc1Br)C1CCCNC1. The van der Waals surface area contributed by atoms with Gasteiger partial charge in [0, 0.05) is 17.0 Å². The van der Waals surface area contributed by atoms with E-state index in [0.717, 1.165) is 38.1 Å². The molecule has 1 amide bonds. The molecular formula is C15H19BrF2N2O. The maximum absolute atomic E-state index is 13.7. The van der Waals surface area contributed by atoms with Crippen LogP contribution in [-0.4, -0.2) is 19.0 Å². The average Bonchev–Trinajstić information content (AvgIpc) is 2.43. The molecule has 2 rings (SSSR count). The Kier molecular flexibility index (Phi) is 5.70. The van der Waals surface area contributed by atoms with Crippen LogP contribution in [0, 0.1) is 23.5 Å². The van der Waals surface area contributed by atoms with Crippen LogP contribution in [0.15, 0.2) is 16.6 Å². The summed E-state index contributed by atoms with van der Waals surface area (Å²) in [4.78, 5) is 12.0. The van der Waals surface area contributed by atoms with Gasteiger partial charge in [-0.15, -0.1) is 0 Å². The number of carbonyl (C=O) groups excluding carboxylic acids is 1. The van der Waals surface area contributed by atoms with E-state index in [1.807, 2.05) is 6.92 Å². The highest BCUT2D eigenvalue weighted by atomic mass is 79.9. The molecule has 0 saturated carbocycles. The number of hydrogen-bond acceptors (Lipinski definition) is 2. The Hall–Kier alpha value is -1.01. The highest BCUT2D eigenvalue weighted by molar-refractivity contribution is 9.10. The van der Waals surface area contributed by atoms with Gasteiger partial charge in [0.1, 0.15) is 5.82 Å². The molecule has 0 aliphatic carbocycles. The molecule has 1 aromatic rings. The molecule has 2 unspecified atom stereocenters. The lowest BCUT2D eigenvalue weighted by Gasteiger charge is -2.28. The van der Waals surface area contributed by atoms with Gasteiger partial charge in [0.25, 0.3) is 0 Å². The lowest BCUT2D eigenvalue weighted by molar-refractivity contribution is -0.117. The second-order valence-electron chi connectivity index (χ2n) is 5.58. The number of nitrogens with one attached hydrogen (secondary N) is 2. The van der Waals surface area contributed by atoms with Crippen LogP contribution in [0.3, 0.4) is 0 Å². The minimum Gasteiger partial charge on any atom is -0.323 e. The van der Waals surface area contributed by atoms with E-state index in [1.165, 1.54) is 0 Å². The van der Waals surface area contributed by atoms with Gasteiger partial charge >= 0.3 is 0 Å². The molecule has 1 aromatic carbocycles. The van der Waals surface area contributed by atoms with Gasteiger partial charge in [-0.2, -0.15) is 0 Å². The van der Waals surface area contributed by atoms with Crippen LogP contribution < -0.4 is 10.6 Å². The molecule has 3 nitrogen and oxygen atoms in total. The number of carbonyl (C=O) groups is 1. The molecule has 116 valence electrons. The van der Waals surface area contributed by atoms with E-state index in [1.54, 1.807) is 0 Å². The summed E-state index contributed by atoms with van der Waals surface area (Å²) < 4.78 is 26.9. The molecule has 0 spiro atoms. The van der Waals surface area contributed by atoms with Crippen LogP contribution >= 0.6 is 15.9 Å². The van der Waals surface area contributed by atoms with Crippen molar-refractivity contribution >= 4 is 27.5 Å². The smallest absolute Gasteiger partial charge is 0.224 e. The molecule has 1 heterocycles. The fraction of sp³-hybridized carbons (Fsp3) is 0.533. The number of anilines is 1. The van der Waals surface area contributed by atoms with Crippen molar-refractivity contribution < 1.29 is 13.6 Å². The second-order valence-corrected chi connectivity index (χ2v) is 6.43. The summed E-state index contributed by atoms with van der Waals surface area (Å²) in [5.41, 5.74) is -0.00429. The topological polar surface area (TPSA) is 41.1 Å². The van der Waals surface area contributed by atoms with E-state index >= 15 is 0 Å². The Morgan fingerprint density at radius 1 is 1.52 bits per heavy atom. The number of benzene rings is 1. The summed E-state index contributed by atoms with van der Waals surface area (Å²) in [6.45, 7) is 3.99. The minimum absolute atomic E-state index is 0.00429. The molecule has 0 aromatic heterocycles. The molecule has 1 saturated heterocycles. The molecule has 1 aliphatic rings. The summed E-state index contributed by atoms with van der Waals surface area (Å²) in [6.07, 6.45) is 2.56. The molecule has 6 heteroatoms. The van der Waals surface area contributed by atoms with E-state index < -0.39 is 11.6 Å². The van der Waals surface area contributed by atoms with Crippen LogP contribution in [0.4, 0.5) is 14.5 Å². The van der Waals surface area contributed by atoms with Gasteiger partial charge in [-0.05, 0) is 59.8 Å². The van der Waals surface area contributed by atoms with Gasteiger partial charge in [-0.1, -0.05) is 6.92 Å². The van der Waals surface area contributed by atoms with Crippen molar-refractivity contribution in [2.45, 2.75) is 26.2 Å². The standard InChI is InChI=1S/C15H19BrF2N2O/c1-9(10-3-2-4-19-8-10)5-14(21)20-15-12(16)6-11(17)7-13(15)18/h6-7,9-10,19H,2-5,8H2,1H3,(H,20,21). The first-order chi connectivity index (χ1) is 9.97. The van der Waals surface area contributed by atoms with Crippen LogP contribution in [0.5, 0.6) is 0 Å². The van der Waals surface area contributed by atoms with Gasteiger partial charge in [-0.25, -0.2) is 8.78 Å². The van der Waals surface area contributed by atoms with Crippen molar-refractivity contribution in [1.29, 1.82) is 0 Å². The molecular weight excluding hydrogens is 342 g/mol. The third-order valence-corrected chi connectivity index (χ3v) is 4.54. The Bertz CT molecular complexity index is 495. The summed E-state index contributed by atoms with van der Waals surface area (Å²) >= 11 is 3.06. The van der Waals surface area contributed by atoms with Gasteiger partial charge in [0.15, 0.2) is 5.82 Å². The normalized spacial score (nSPS) is 20.1. The zero-order chi connectivity index (χ0) is 15.4. The number of piperidine rings is 1. The van der Waals surface area contributed by atoms with Crippen molar-refractivity contribution in [3.05, 3.63) is 28.2 Å². The van der Waals surface area contributed by atoms with Crippen LogP contribution in [0.25, 0.3) is 0 Å². The lowest BCUT2D eigenvalue weighted by Crippen LogP contribution is -2.34. The number of halogens is 3. The van der Waals surface area contributed by atoms with E-state index in [4.69, 9.17) is 0 Å². The molecule has 2 N–H and O–H groups in total. The molecule has 21 heavy (non-hydrogen) atoms. The van der Waals surface area contributed by atoms with E-state index in [2.05, 4.69) is 26.6 Å². The van der Waals surface area contributed by atoms with Crippen LogP contribution in [-0.2, 0) is 4.79 Å². The molecule has 0 bridgehead atoms. The second kappa shape index (κ2) is 7.31. The largest absolute Gasteiger partial charge is 0.323 e. The number of amides is 1. The maximum atomic E-state index is 13.7.